The Morgan fingerprint density at radius 2 is 2.12 bits per heavy atom. The molecule has 0 atom stereocenters. The monoisotopic (exact) mass is 440 g/mol. The Morgan fingerprint density at radius 1 is 1.40 bits per heavy atom. The SMILES string of the molecule is CC(C)(C)NC(=O)CCCN1C(=O)C(=Cc2cccc(Br)c2)SC1=S. The quantitative estimate of drug-likeness (QED) is 0.546. The first-order chi connectivity index (χ1) is 11.7. The van der Waals surface area contributed by atoms with Gasteiger partial charge in [-0.1, -0.05) is 52.0 Å². The van der Waals surface area contributed by atoms with E-state index in [2.05, 4.69) is 21.2 Å². The minimum atomic E-state index is -0.244. The first kappa shape index (κ1) is 20.1. The Balaban J connectivity index is 1.94. The van der Waals surface area contributed by atoms with Gasteiger partial charge in [0.15, 0.2) is 0 Å². The molecule has 2 amide bonds. The van der Waals surface area contributed by atoms with Crippen LogP contribution in [0.3, 0.4) is 0 Å². The van der Waals surface area contributed by atoms with Crippen molar-refractivity contribution in [2.24, 2.45) is 0 Å². The largest absolute Gasteiger partial charge is 0.352 e. The van der Waals surface area contributed by atoms with Gasteiger partial charge in [0, 0.05) is 23.0 Å². The zero-order valence-electron chi connectivity index (χ0n) is 14.5. The summed E-state index contributed by atoms with van der Waals surface area (Å²) in [4.78, 5) is 26.6. The predicted octanol–water partition coefficient (Wildman–Crippen LogP) is 4.35. The van der Waals surface area contributed by atoms with E-state index in [0.29, 0.717) is 28.6 Å². The number of thioether (sulfide) groups is 1. The standard InChI is InChI=1S/C18H21BrN2O2S2/c1-18(2,3)20-15(22)8-5-9-21-16(23)14(25-17(21)24)11-12-6-4-7-13(19)10-12/h4,6-7,10-11H,5,8-9H2,1-3H3,(H,20,22). The van der Waals surface area contributed by atoms with Gasteiger partial charge in [0.25, 0.3) is 5.91 Å². The van der Waals surface area contributed by atoms with E-state index in [-0.39, 0.29) is 17.4 Å². The molecule has 25 heavy (non-hydrogen) atoms. The lowest BCUT2D eigenvalue weighted by Gasteiger charge is -2.21. The van der Waals surface area contributed by atoms with Gasteiger partial charge in [-0.3, -0.25) is 14.5 Å². The zero-order chi connectivity index (χ0) is 18.6. The van der Waals surface area contributed by atoms with Crippen molar-refractivity contribution in [1.82, 2.24) is 10.2 Å². The van der Waals surface area contributed by atoms with Crippen LogP contribution < -0.4 is 5.32 Å². The minimum absolute atomic E-state index is 0.0115. The summed E-state index contributed by atoms with van der Waals surface area (Å²) in [6, 6.07) is 7.74. The van der Waals surface area contributed by atoms with E-state index < -0.39 is 0 Å². The van der Waals surface area contributed by atoms with Crippen LogP contribution in [-0.2, 0) is 9.59 Å². The molecule has 1 saturated heterocycles. The van der Waals surface area contributed by atoms with Crippen LogP contribution in [0.5, 0.6) is 0 Å². The second-order valence-electron chi connectivity index (χ2n) is 6.79. The number of amides is 2. The number of hydrogen-bond acceptors (Lipinski definition) is 4. The van der Waals surface area contributed by atoms with Crippen LogP contribution in [-0.4, -0.2) is 33.1 Å². The zero-order valence-corrected chi connectivity index (χ0v) is 17.7. The summed E-state index contributed by atoms with van der Waals surface area (Å²) in [7, 11) is 0. The first-order valence-corrected chi connectivity index (χ1v) is 9.99. The Hall–Kier alpha value is -1.18. The van der Waals surface area contributed by atoms with Crippen LogP contribution in [0.15, 0.2) is 33.6 Å². The molecular weight excluding hydrogens is 420 g/mol. The predicted molar refractivity (Wildman–Crippen MR) is 111 cm³/mol. The number of thiocarbonyl (C=S) groups is 1. The summed E-state index contributed by atoms with van der Waals surface area (Å²) in [5.74, 6) is -0.103. The van der Waals surface area contributed by atoms with Crippen LogP contribution >= 0.6 is 39.9 Å². The minimum Gasteiger partial charge on any atom is -0.352 e. The van der Waals surface area contributed by atoms with Gasteiger partial charge in [-0.05, 0) is 51.0 Å². The number of carbonyl (C=O) groups excluding carboxylic acids is 2. The van der Waals surface area contributed by atoms with E-state index in [4.69, 9.17) is 12.2 Å². The maximum atomic E-state index is 12.5. The molecule has 0 aromatic heterocycles. The van der Waals surface area contributed by atoms with Crippen molar-refractivity contribution in [2.45, 2.75) is 39.2 Å². The number of benzene rings is 1. The van der Waals surface area contributed by atoms with E-state index in [1.807, 2.05) is 51.1 Å². The van der Waals surface area contributed by atoms with E-state index >= 15 is 0 Å². The molecule has 134 valence electrons. The van der Waals surface area contributed by atoms with Crippen LogP contribution in [0, 0.1) is 0 Å². The maximum absolute atomic E-state index is 12.5. The first-order valence-electron chi connectivity index (χ1n) is 7.98. The number of nitrogens with one attached hydrogen (secondary N) is 1. The second kappa shape index (κ2) is 8.47. The number of rotatable bonds is 5. The molecule has 0 unspecified atom stereocenters. The molecule has 0 saturated carbocycles. The summed E-state index contributed by atoms with van der Waals surface area (Å²) in [5.41, 5.74) is 0.699. The lowest BCUT2D eigenvalue weighted by molar-refractivity contribution is -0.124. The molecule has 1 fully saturated rings. The molecule has 1 aliphatic rings. The van der Waals surface area contributed by atoms with Crippen molar-refractivity contribution in [3.8, 4) is 0 Å². The van der Waals surface area contributed by atoms with Crippen LogP contribution in [0.4, 0.5) is 0 Å². The summed E-state index contributed by atoms with van der Waals surface area (Å²) in [6.45, 7) is 6.29. The van der Waals surface area contributed by atoms with Crippen LogP contribution in [0.1, 0.15) is 39.2 Å². The van der Waals surface area contributed by atoms with E-state index in [1.165, 1.54) is 11.8 Å². The third-order valence-electron chi connectivity index (χ3n) is 3.32. The van der Waals surface area contributed by atoms with Crippen molar-refractivity contribution < 1.29 is 9.59 Å². The van der Waals surface area contributed by atoms with Gasteiger partial charge in [-0.2, -0.15) is 0 Å². The van der Waals surface area contributed by atoms with Gasteiger partial charge in [0.2, 0.25) is 5.91 Å². The summed E-state index contributed by atoms with van der Waals surface area (Å²) >= 11 is 10.0. The number of hydrogen-bond donors (Lipinski definition) is 1. The average Bonchev–Trinajstić information content (AvgIpc) is 2.73. The molecule has 1 aliphatic heterocycles. The Bertz CT molecular complexity index is 726. The Labute approximate surface area is 166 Å². The maximum Gasteiger partial charge on any atom is 0.266 e. The Morgan fingerprint density at radius 3 is 2.76 bits per heavy atom. The number of halogens is 1. The van der Waals surface area contributed by atoms with Crippen molar-refractivity contribution in [1.29, 1.82) is 0 Å². The molecule has 1 aromatic carbocycles. The normalized spacial score (nSPS) is 16.6. The van der Waals surface area contributed by atoms with Crippen molar-refractivity contribution in [2.75, 3.05) is 6.54 Å². The van der Waals surface area contributed by atoms with Crippen LogP contribution in [0.2, 0.25) is 0 Å². The van der Waals surface area contributed by atoms with E-state index in [0.717, 1.165) is 10.0 Å². The molecule has 0 spiro atoms. The second-order valence-corrected chi connectivity index (χ2v) is 9.38. The summed E-state index contributed by atoms with van der Waals surface area (Å²) in [5, 5.41) is 2.92. The lowest BCUT2D eigenvalue weighted by Crippen LogP contribution is -2.40. The highest BCUT2D eigenvalue weighted by Gasteiger charge is 2.31. The van der Waals surface area contributed by atoms with E-state index in [9.17, 15) is 9.59 Å². The van der Waals surface area contributed by atoms with Crippen molar-refractivity contribution >= 4 is 62.1 Å². The van der Waals surface area contributed by atoms with Gasteiger partial charge in [0.05, 0.1) is 4.91 Å². The molecular formula is C18H21BrN2O2S2. The Kier molecular flexibility index (Phi) is 6.82. The van der Waals surface area contributed by atoms with Gasteiger partial charge in [-0.25, -0.2) is 0 Å². The van der Waals surface area contributed by atoms with Gasteiger partial charge in [0.1, 0.15) is 4.32 Å². The third-order valence-corrected chi connectivity index (χ3v) is 5.19. The van der Waals surface area contributed by atoms with Gasteiger partial charge < -0.3 is 5.32 Å². The fraction of sp³-hybridized carbons (Fsp3) is 0.389. The highest BCUT2D eigenvalue weighted by Crippen LogP contribution is 2.33. The van der Waals surface area contributed by atoms with Crippen LogP contribution in [0.25, 0.3) is 6.08 Å². The fourth-order valence-electron chi connectivity index (χ4n) is 2.32. The molecule has 1 heterocycles. The molecule has 0 aliphatic carbocycles. The molecule has 1 aromatic rings. The van der Waals surface area contributed by atoms with Gasteiger partial charge >= 0.3 is 0 Å². The molecule has 0 radical (unpaired) electrons. The number of carbonyl (C=O) groups is 2. The molecule has 2 rings (SSSR count). The lowest BCUT2D eigenvalue weighted by atomic mass is 10.1. The summed E-state index contributed by atoms with van der Waals surface area (Å²) in [6.07, 6.45) is 2.80. The number of nitrogens with zero attached hydrogens (tertiary/aromatic N) is 1. The molecule has 4 nitrogen and oxygen atoms in total. The topological polar surface area (TPSA) is 49.4 Å². The fourth-order valence-corrected chi connectivity index (χ4v) is 4.04. The van der Waals surface area contributed by atoms with Gasteiger partial charge in [-0.15, -0.1) is 0 Å². The highest BCUT2D eigenvalue weighted by molar-refractivity contribution is 9.10. The van der Waals surface area contributed by atoms with E-state index in [1.54, 1.807) is 4.90 Å². The molecule has 7 heteroatoms. The molecule has 0 bridgehead atoms. The van der Waals surface area contributed by atoms with Crippen molar-refractivity contribution in [3.63, 3.8) is 0 Å². The molecule has 1 N–H and O–H groups in total. The third kappa shape index (κ3) is 6.24. The summed E-state index contributed by atoms with van der Waals surface area (Å²) < 4.78 is 1.50. The van der Waals surface area contributed by atoms with Crippen molar-refractivity contribution in [3.05, 3.63) is 39.2 Å². The average molecular weight is 441 g/mol. The smallest absolute Gasteiger partial charge is 0.266 e. The highest BCUT2D eigenvalue weighted by atomic mass is 79.9.